The van der Waals surface area contributed by atoms with Crippen LogP contribution in [-0.4, -0.2) is 45.4 Å². The summed E-state index contributed by atoms with van der Waals surface area (Å²) in [5, 5.41) is 10.8. The van der Waals surface area contributed by atoms with E-state index in [0.29, 0.717) is 30.9 Å². The van der Waals surface area contributed by atoms with Crippen molar-refractivity contribution in [2.24, 2.45) is 22.7 Å². The minimum atomic E-state index is -3.82. The molecule has 0 N–H and O–H groups in total. The number of rotatable bonds is 3. The number of fused-ring (bicyclic) bond motifs is 3. The van der Waals surface area contributed by atoms with Crippen LogP contribution < -0.4 is 0 Å². The molecule has 32 heavy (non-hydrogen) atoms. The Labute approximate surface area is 188 Å². The lowest BCUT2D eigenvalue weighted by atomic mass is 9.45. The number of sulfone groups is 1. The van der Waals surface area contributed by atoms with Crippen LogP contribution in [0.5, 0.6) is 0 Å². The summed E-state index contributed by atoms with van der Waals surface area (Å²) < 4.78 is 34.9. The molecule has 3 aliphatic rings. The van der Waals surface area contributed by atoms with Crippen molar-refractivity contribution < 1.29 is 17.9 Å². The van der Waals surface area contributed by atoms with Gasteiger partial charge in [-0.05, 0) is 71.9 Å². The SMILES string of the molecule is CC1(C)CC(S(=O)(=O)c2nnnn2-c2ccccc2)C[C@@]2(C)C1CC[C@@]1(C)OC(=O)C[C@@H]12. The average molecular weight is 459 g/mol. The Balaban J connectivity index is 1.56. The van der Waals surface area contributed by atoms with Gasteiger partial charge in [-0.1, -0.05) is 44.1 Å². The van der Waals surface area contributed by atoms with Gasteiger partial charge in [-0.3, -0.25) is 4.79 Å². The maximum atomic E-state index is 13.9. The van der Waals surface area contributed by atoms with Gasteiger partial charge in [-0.25, -0.2) is 8.42 Å². The van der Waals surface area contributed by atoms with Crippen LogP contribution >= 0.6 is 0 Å². The Morgan fingerprint density at radius 1 is 1.06 bits per heavy atom. The number of hydrogen-bond donors (Lipinski definition) is 0. The number of carbonyl (C=O) groups excluding carboxylic acids is 1. The molecule has 3 fully saturated rings. The van der Waals surface area contributed by atoms with Gasteiger partial charge < -0.3 is 4.74 Å². The zero-order valence-corrected chi connectivity index (χ0v) is 19.8. The van der Waals surface area contributed by atoms with Gasteiger partial charge in [-0.15, -0.1) is 0 Å². The van der Waals surface area contributed by atoms with Gasteiger partial charge in [0.05, 0.1) is 17.4 Å². The van der Waals surface area contributed by atoms with Crippen molar-refractivity contribution >= 4 is 15.8 Å². The summed E-state index contributed by atoms with van der Waals surface area (Å²) in [6.45, 7) is 8.52. The van der Waals surface area contributed by atoms with Crippen LogP contribution in [0.3, 0.4) is 0 Å². The fourth-order valence-electron chi connectivity index (χ4n) is 7.23. The van der Waals surface area contributed by atoms with Crippen molar-refractivity contribution in [3.63, 3.8) is 0 Å². The Hall–Kier alpha value is -2.29. The Morgan fingerprint density at radius 3 is 2.50 bits per heavy atom. The summed E-state index contributed by atoms with van der Waals surface area (Å²) in [5.41, 5.74) is -0.447. The number of nitrogens with zero attached hydrogens (tertiary/aromatic N) is 4. The molecular formula is C23H30N4O4S. The number of esters is 1. The first-order chi connectivity index (χ1) is 15.0. The normalized spacial score (nSPS) is 36.2. The molecule has 0 spiro atoms. The fourth-order valence-corrected chi connectivity index (χ4v) is 9.29. The zero-order valence-electron chi connectivity index (χ0n) is 19.0. The Kier molecular flexibility index (Phi) is 4.62. The lowest BCUT2D eigenvalue weighted by Gasteiger charge is -2.60. The van der Waals surface area contributed by atoms with Crippen LogP contribution in [0.25, 0.3) is 5.69 Å². The van der Waals surface area contributed by atoms with E-state index in [9.17, 15) is 13.2 Å². The summed E-state index contributed by atoms with van der Waals surface area (Å²) in [5.74, 6) is 0.151. The maximum absolute atomic E-state index is 13.9. The second kappa shape index (κ2) is 6.85. The predicted molar refractivity (Wildman–Crippen MR) is 117 cm³/mol. The quantitative estimate of drug-likeness (QED) is 0.650. The van der Waals surface area contributed by atoms with E-state index in [1.165, 1.54) is 4.68 Å². The molecular weight excluding hydrogens is 428 g/mol. The second-order valence-electron chi connectivity index (χ2n) is 10.9. The fraction of sp³-hybridized carbons (Fsp3) is 0.652. The van der Waals surface area contributed by atoms with Crippen molar-refractivity contribution in [1.29, 1.82) is 0 Å². The van der Waals surface area contributed by atoms with Crippen molar-refractivity contribution in [1.82, 2.24) is 20.2 Å². The molecule has 1 aromatic carbocycles. The number of ether oxygens (including phenoxy) is 1. The lowest BCUT2D eigenvalue weighted by molar-refractivity contribution is -0.164. The van der Waals surface area contributed by atoms with Gasteiger partial charge >= 0.3 is 5.97 Å². The molecule has 5 rings (SSSR count). The molecule has 2 saturated carbocycles. The van der Waals surface area contributed by atoms with Crippen LogP contribution in [0.4, 0.5) is 0 Å². The van der Waals surface area contributed by atoms with E-state index in [4.69, 9.17) is 4.74 Å². The number of benzene rings is 1. The van der Waals surface area contributed by atoms with Crippen LogP contribution in [0.1, 0.15) is 59.8 Å². The summed E-state index contributed by atoms with van der Waals surface area (Å²) in [4.78, 5) is 12.3. The summed E-state index contributed by atoms with van der Waals surface area (Å²) >= 11 is 0. The van der Waals surface area contributed by atoms with E-state index in [2.05, 4.69) is 36.3 Å². The third kappa shape index (κ3) is 3.03. The number of hydrogen-bond acceptors (Lipinski definition) is 7. The van der Waals surface area contributed by atoms with Crippen molar-refractivity contribution in [2.75, 3.05) is 0 Å². The number of tetrazole rings is 1. The molecule has 1 saturated heterocycles. The number of para-hydroxylation sites is 1. The highest BCUT2D eigenvalue weighted by molar-refractivity contribution is 7.91. The first kappa shape index (κ1) is 21.6. The standard InChI is InChI=1S/C23H30N4O4S/c1-21(2)13-16(14-22(3)17(21)10-11-23(4)18(22)12-19(28)31-23)32(29,30)20-24-25-26-27(20)15-8-6-5-7-9-15/h5-9,16-18H,10-14H2,1-4H3/t16?,17?,18-,22+,23-/m1/s1. The summed E-state index contributed by atoms with van der Waals surface area (Å²) in [7, 11) is -3.82. The minimum Gasteiger partial charge on any atom is -0.459 e. The summed E-state index contributed by atoms with van der Waals surface area (Å²) in [6.07, 6.45) is 3.13. The van der Waals surface area contributed by atoms with E-state index in [-0.39, 0.29) is 27.9 Å². The lowest BCUT2D eigenvalue weighted by Crippen LogP contribution is -2.59. The van der Waals surface area contributed by atoms with E-state index in [1.54, 1.807) is 12.1 Å². The van der Waals surface area contributed by atoms with Crippen molar-refractivity contribution in [3.05, 3.63) is 30.3 Å². The third-order valence-corrected chi connectivity index (χ3v) is 10.5. The second-order valence-corrected chi connectivity index (χ2v) is 13.0. The van der Waals surface area contributed by atoms with Crippen LogP contribution in [0, 0.1) is 22.7 Å². The van der Waals surface area contributed by atoms with Gasteiger partial charge in [0, 0.05) is 5.92 Å². The smallest absolute Gasteiger partial charge is 0.306 e. The largest absolute Gasteiger partial charge is 0.459 e. The molecule has 172 valence electrons. The van der Waals surface area contributed by atoms with Gasteiger partial charge in [0.2, 0.25) is 9.84 Å². The summed E-state index contributed by atoms with van der Waals surface area (Å²) in [6, 6.07) is 9.07. The highest BCUT2D eigenvalue weighted by Gasteiger charge is 2.65. The first-order valence-corrected chi connectivity index (χ1v) is 12.8. The number of aromatic nitrogens is 4. The van der Waals surface area contributed by atoms with E-state index in [1.807, 2.05) is 25.1 Å². The molecule has 0 bridgehead atoms. The molecule has 2 aromatic rings. The molecule has 0 amide bonds. The van der Waals surface area contributed by atoms with Gasteiger partial charge in [-0.2, -0.15) is 4.68 Å². The molecule has 5 atom stereocenters. The highest BCUT2D eigenvalue weighted by atomic mass is 32.2. The van der Waals surface area contributed by atoms with E-state index >= 15 is 0 Å². The minimum absolute atomic E-state index is 0.00337. The van der Waals surface area contributed by atoms with Gasteiger partial charge in [0.25, 0.3) is 5.16 Å². The Morgan fingerprint density at radius 2 is 1.78 bits per heavy atom. The van der Waals surface area contributed by atoms with E-state index < -0.39 is 20.7 Å². The molecule has 0 radical (unpaired) electrons. The molecule has 9 heteroatoms. The highest BCUT2D eigenvalue weighted by Crippen LogP contribution is 2.65. The average Bonchev–Trinajstić information content (AvgIpc) is 3.32. The molecule has 1 aromatic heterocycles. The molecule has 2 heterocycles. The first-order valence-electron chi connectivity index (χ1n) is 11.3. The number of carbonyl (C=O) groups is 1. The monoisotopic (exact) mass is 458 g/mol. The van der Waals surface area contributed by atoms with Gasteiger partial charge in [0.15, 0.2) is 0 Å². The van der Waals surface area contributed by atoms with E-state index in [0.717, 1.165) is 12.8 Å². The van der Waals surface area contributed by atoms with Crippen LogP contribution in [0.2, 0.25) is 0 Å². The Bertz CT molecular complexity index is 1160. The van der Waals surface area contributed by atoms with Gasteiger partial charge in [0.1, 0.15) is 5.60 Å². The molecule has 1 aliphatic heterocycles. The topological polar surface area (TPSA) is 104 Å². The zero-order chi connectivity index (χ0) is 22.9. The third-order valence-electron chi connectivity index (χ3n) is 8.48. The molecule has 2 aliphatic carbocycles. The van der Waals surface area contributed by atoms with Crippen LogP contribution in [-0.2, 0) is 19.4 Å². The maximum Gasteiger partial charge on any atom is 0.306 e. The molecule has 8 nitrogen and oxygen atoms in total. The van der Waals surface area contributed by atoms with Crippen molar-refractivity contribution in [2.45, 2.75) is 75.8 Å². The predicted octanol–water partition coefficient (Wildman–Crippen LogP) is 3.36. The van der Waals surface area contributed by atoms with Crippen LogP contribution in [0.15, 0.2) is 35.5 Å². The molecule has 2 unspecified atom stereocenters. The van der Waals surface area contributed by atoms with Crippen molar-refractivity contribution in [3.8, 4) is 5.69 Å².